The fraction of sp³-hybridized carbons (Fsp3) is 0.562. The number of carbonyl (C=O) groups excluding carboxylic acids is 1. The number of benzene rings is 1. The van der Waals surface area contributed by atoms with E-state index in [1.165, 1.54) is 17.5 Å². The summed E-state index contributed by atoms with van der Waals surface area (Å²) < 4.78 is 0. The second-order valence-electron chi connectivity index (χ2n) is 5.82. The molecule has 0 spiro atoms. The van der Waals surface area contributed by atoms with Gasteiger partial charge in [-0.3, -0.25) is 4.79 Å². The van der Waals surface area contributed by atoms with E-state index in [-0.39, 0.29) is 11.3 Å². The molecule has 0 radical (unpaired) electrons. The number of rotatable bonds is 6. The second kappa shape index (κ2) is 6.20. The van der Waals surface area contributed by atoms with Gasteiger partial charge in [-0.1, -0.05) is 36.2 Å². The van der Waals surface area contributed by atoms with Crippen molar-refractivity contribution in [2.75, 3.05) is 13.1 Å². The van der Waals surface area contributed by atoms with Gasteiger partial charge in [-0.25, -0.2) is 0 Å². The lowest BCUT2D eigenvalue weighted by Gasteiger charge is -2.40. The molecule has 0 bridgehead atoms. The largest absolute Gasteiger partial charge is 0.356 e. The summed E-state index contributed by atoms with van der Waals surface area (Å²) in [5.41, 5.74) is 8.42. The van der Waals surface area contributed by atoms with E-state index in [9.17, 15) is 4.79 Å². The van der Waals surface area contributed by atoms with Crippen LogP contribution in [0.4, 0.5) is 0 Å². The third kappa shape index (κ3) is 3.80. The average molecular weight is 260 g/mol. The summed E-state index contributed by atoms with van der Waals surface area (Å²) in [5, 5.41) is 3.01. The number of hydrogen-bond acceptors (Lipinski definition) is 2. The topological polar surface area (TPSA) is 55.1 Å². The maximum absolute atomic E-state index is 11.9. The van der Waals surface area contributed by atoms with Crippen LogP contribution in [0.2, 0.25) is 0 Å². The Morgan fingerprint density at radius 1 is 1.42 bits per heavy atom. The van der Waals surface area contributed by atoms with E-state index in [0.717, 1.165) is 19.3 Å². The van der Waals surface area contributed by atoms with E-state index in [2.05, 4.69) is 36.5 Å². The molecule has 19 heavy (non-hydrogen) atoms. The van der Waals surface area contributed by atoms with Crippen LogP contribution in [0.5, 0.6) is 0 Å². The third-order valence-corrected chi connectivity index (χ3v) is 4.20. The standard InChI is InChI=1S/C16H24N2O/c1-13-4-2-5-14(10-13)6-9-18-15(19)11-16(12-17)7-3-8-16/h2,4-5,10H,3,6-9,11-12,17H2,1H3,(H,18,19). The molecule has 3 N–H and O–H groups in total. The molecule has 3 nitrogen and oxygen atoms in total. The predicted molar refractivity (Wildman–Crippen MR) is 77.8 cm³/mol. The predicted octanol–water partition coefficient (Wildman–Crippen LogP) is 2.17. The Balaban J connectivity index is 1.72. The summed E-state index contributed by atoms with van der Waals surface area (Å²) >= 11 is 0. The van der Waals surface area contributed by atoms with Gasteiger partial charge >= 0.3 is 0 Å². The van der Waals surface area contributed by atoms with Gasteiger partial charge in [0.05, 0.1) is 0 Å². The first kappa shape index (κ1) is 14.1. The number of aryl methyl sites for hydroxylation is 1. The molecule has 1 aliphatic rings. The summed E-state index contributed by atoms with van der Waals surface area (Å²) in [6.07, 6.45) is 4.91. The Kier molecular flexibility index (Phi) is 4.59. The monoisotopic (exact) mass is 260 g/mol. The van der Waals surface area contributed by atoms with Crippen molar-refractivity contribution in [3.8, 4) is 0 Å². The van der Waals surface area contributed by atoms with Crippen molar-refractivity contribution >= 4 is 5.91 Å². The van der Waals surface area contributed by atoms with Crippen LogP contribution in [0.3, 0.4) is 0 Å². The van der Waals surface area contributed by atoms with E-state index in [1.54, 1.807) is 0 Å². The summed E-state index contributed by atoms with van der Waals surface area (Å²) in [6.45, 7) is 3.44. The fourth-order valence-corrected chi connectivity index (χ4v) is 2.75. The number of carbonyl (C=O) groups is 1. The van der Waals surface area contributed by atoms with Crippen LogP contribution < -0.4 is 11.1 Å². The molecular weight excluding hydrogens is 236 g/mol. The van der Waals surface area contributed by atoms with Crippen LogP contribution in [-0.4, -0.2) is 19.0 Å². The molecule has 0 aromatic heterocycles. The lowest BCUT2D eigenvalue weighted by atomic mass is 9.66. The minimum absolute atomic E-state index is 0.105. The van der Waals surface area contributed by atoms with Crippen molar-refractivity contribution in [3.63, 3.8) is 0 Å². The minimum Gasteiger partial charge on any atom is -0.356 e. The molecule has 2 rings (SSSR count). The van der Waals surface area contributed by atoms with Crippen LogP contribution in [0.1, 0.15) is 36.8 Å². The van der Waals surface area contributed by atoms with E-state index >= 15 is 0 Å². The van der Waals surface area contributed by atoms with Crippen molar-refractivity contribution < 1.29 is 4.79 Å². The first-order valence-corrected chi connectivity index (χ1v) is 7.16. The Hall–Kier alpha value is -1.35. The quantitative estimate of drug-likeness (QED) is 0.823. The van der Waals surface area contributed by atoms with Gasteiger partial charge < -0.3 is 11.1 Å². The number of nitrogens with two attached hydrogens (primary N) is 1. The molecule has 104 valence electrons. The van der Waals surface area contributed by atoms with Crippen molar-refractivity contribution in [1.82, 2.24) is 5.32 Å². The normalized spacial score (nSPS) is 16.7. The molecule has 1 aromatic rings. The van der Waals surface area contributed by atoms with Gasteiger partial charge in [0.25, 0.3) is 0 Å². The number of amides is 1. The zero-order valence-electron chi connectivity index (χ0n) is 11.7. The lowest BCUT2D eigenvalue weighted by molar-refractivity contribution is -0.124. The highest BCUT2D eigenvalue weighted by molar-refractivity contribution is 5.76. The van der Waals surface area contributed by atoms with Crippen LogP contribution in [0.15, 0.2) is 24.3 Å². The van der Waals surface area contributed by atoms with Crippen molar-refractivity contribution in [2.24, 2.45) is 11.1 Å². The van der Waals surface area contributed by atoms with Gasteiger partial charge in [0.2, 0.25) is 5.91 Å². The van der Waals surface area contributed by atoms with E-state index < -0.39 is 0 Å². The zero-order chi connectivity index (χ0) is 13.7. The molecule has 0 unspecified atom stereocenters. The van der Waals surface area contributed by atoms with Crippen molar-refractivity contribution in [3.05, 3.63) is 35.4 Å². The highest BCUT2D eigenvalue weighted by Crippen LogP contribution is 2.42. The Morgan fingerprint density at radius 2 is 2.21 bits per heavy atom. The highest BCUT2D eigenvalue weighted by atomic mass is 16.1. The smallest absolute Gasteiger partial charge is 0.220 e. The maximum Gasteiger partial charge on any atom is 0.220 e. The minimum atomic E-state index is 0.105. The first-order chi connectivity index (χ1) is 9.13. The summed E-state index contributed by atoms with van der Waals surface area (Å²) in [4.78, 5) is 11.9. The van der Waals surface area contributed by atoms with Gasteiger partial charge in [0.1, 0.15) is 0 Å². The fourth-order valence-electron chi connectivity index (χ4n) is 2.75. The molecule has 0 heterocycles. The second-order valence-corrected chi connectivity index (χ2v) is 5.82. The molecule has 0 aliphatic heterocycles. The Labute approximate surface area is 115 Å². The molecular formula is C16H24N2O. The van der Waals surface area contributed by atoms with Crippen molar-refractivity contribution in [2.45, 2.75) is 39.0 Å². The van der Waals surface area contributed by atoms with Gasteiger partial charge in [0.15, 0.2) is 0 Å². The molecule has 1 fully saturated rings. The van der Waals surface area contributed by atoms with Gasteiger partial charge in [0, 0.05) is 13.0 Å². The molecule has 1 amide bonds. The van der Waals surface area contributed by atoms with E-state index in [0.29, 0.717) is 19.5 Å². The molecule has 1 aromatic carbocycles. The molecule has 0 saturated heterocycles. The Morgan fingerprint density at radius 3 is 2.79 bits per heavy atom. The average Bonchev–Trinajstić information content (AvgIpc) is 2.34. The van der Waals surface area contributed by atoms with E-state index in [1.807, 2.05) is 0 Å². The molecule has 3 heteroatoms. The number of hydrogen-bond donors (Lipinski definition) is 2. The maximum atomic E-state index is 11.9. The van der Waals surface area contributed by atoms with Crippen molar-refractivity contribution in [1.29, 1.82) is 0 Å². The lowest BCUT2D eigenvalue weighted by Crippen LogP contribution is -2.42. The summed E-state index contributed by atoms with van der Waals surface area (Å²) in [7, 11) is 0. The van der Waals surface area contributed by atoms with Crippen LogP contribution in [-0.2, 0) is 11.2 Å². The first-order valence-electron chi connectivity index (χ1n) is 7.16. The zero-order valence-corrected chi connectivity index (χ0v) is 11.7. The van der Waals surface area contributed by atoms with E-state index in [4.69, 9.17) is 5.73 Å². The van der Waals surface area contributed by atoms with Gasteiger partial charge in [-0.05, 0) is 43.7 Å². The third-order valence-electron chi connectivity index (χ3n) is 4.20. The summed E-state index contributed by atoms with van der Waals surface area (Å²) in [5.74, 6) is 0.151. The SMILES string of the molecule is Cc1cccc(CCNC(=O)CC2(CN)CCC2)c1. The highest BCUT2D eigenvalue weighted by Gasteiger charge is 2.37. The molecule has 1 aliphatic carbocycles. The van der Waals surface area contributed by atoms with Crippen LogP contribution >= 0.6 is 0 Å². The molecule has 1 saturated carbocycles. The summed E-state index contributed by atoms with van der Waals surface area (Å²) in [6, 6.07) is 8.42. The van der Waals surface area contributed by atoms with Gasteiger partial charge in [-0.15, -0.1) is 0 Å². The molecule has 0 atom stereocenters. The van der Waals surface area contributed by atoms with Crippen LogP contribution in [0.25, 0.3) is 0 Å². The van der Waals surface area contributed by atoms with Gasteiger partial charge in [-0.2, -0.15) is 0 Å². The Bertz CT molecular complexity index is 433. The number of nitrogens with one attached hydrogen (secondary N) is 1. The van der Waals surface area contributed by atoms with Crippen LogP contribution in [0, 0.1) is 12.3 Å².